The van der Waals surface area contributed by atoms with Crippen LogP contribution >= 0.6 is 11.6 Å². The largest absolute Gasteiger partial charge is 0.311 e. The molecule has 2 saturated carbocycles. The van der Waals surface area contributed by atoms with E-state index >= 15 is 0 Å². The number of nitrogens with one attached hydrogen (secondary N) is 1. The van der Waals surface area contributed by atoms with E-state index in [4.69, 9.17) is 11.6 Å². The maximum Gasteiger partial charge on any atom is 0.0440 e. The molecule has 1 aromatic carbocycles. The average Bonchev–Trinajstić information content (AvgIpc) is 2.36. The molecule has 1 nitrogen and oxygen atoms in total. The molecule has 0 amide bonds. The number of hydrogen-bond donors (Lipinski definition) is 1. The Morgan fingerprint density at radius 3 is 2.60 bits per heavy atom. The van der Waals surface area contributed by atoms with Crippen molar-refractivity contribution in [2.45, 2.75) is 70.4 Å². The topological polar surface area (TPSA) is 12.0 Å². The number of benzene rings is 1. The molecule has 0 aromatic heterocycles. The molecule has 1 atom stereocenters. The van der Waals surface area contributed by atoms with Gasteiger partial charge in [-0.05, 0) is 48.6 Å². The van der Waals surface area contributed by atoms with Crippen molar-refractivity contribution in [2.75, 3.05) is 0 Å². The van der Waals surface area contributed by atoms with Gasteiger partial charge in [-0.1, -0.05) is 56.5 Å². The van der Waals surface area contributed by atoms with Gasteiger partial charge in [0.25, 0.3) is 0 Å². The van der Waals surface area contributed by atoms with Gasteiger partial charge in [0.05, 0.1) is 0 Å². The van der Waals surface area contributed by atoms with Crippen LogP contribution in [0.5, 0.6) is 0 Å². The monoisotopic (exact) mass is 291 g/mol. The minimum Gasteiger partial charge on any atom is -0.311 e. The summed E-state index contributed by atoms with van der Waals surface area (Å²) in [5.41, 5.74) is 1.81. The van der Waals surface area contributed by atoms with E-state index in [0.29, 0.717) is 23.4 Å². The average molecular weight is 292 g/mol. The van der Waals surface area contributed by atoms with Gasteiger partial charge in [0.2, 0.25) is 0 Å². The zero-order chi connectivity index (χ0) is 14.2. The van der Waals surface area contributed by atoms with Gasteiger partial charge >= 0.3 is 0 Å². The summed E-state index contributed by atoms with van der Waals surface area (Å²) in [5.74, 6) is 0.660. The summed E-state index contributed by atoms with van der Waals surface area (Å²) in [6, 6.07) is 9.72. The zero-order valence-corrected chi connectivity index (χ0v) is 13.4. The highest BCUT2D eigenvalue weighted by molar-refractivity contribution is 6.31. The van der Waals surface area contributed by atoms with Crippen molar-refractivity contribution in [3.63, 3.8) is 0 Å². The van der Waals surface area contributed by atoms with Gasteiger partial charge < -0.3 is 5.32 Å². The molecule has 0 bridgehead atoms. The Balaban J connectivity index is 1.55. The highest BCUT2D eigenvalue weighted by atomic mass is 35.5. The van der Waals surface area contributed by atoms with Gasteiger partial charge in [-0.2, -0.15) is 0 Å². The first-order valence-electron chi connectivity index (χ1n) is 8.07. The molecule has 2 fully saturated rings. The smallest absolute Gasteiger partial charge is 0.0440 e. The van der Waals surface area contributed by atoms with Gasteiger partial charge in [0.15, 0.2) is 0 Å². The third-order valence-electron chi connectivity index (χ3n) is 5.43. The van der Waals surface area contributed by atoms with E-state index < -0.39 is 0 Å². The van der Waals surface area contributed by atoms with Crippen molar-refractivity contribution < 1.29 is 0 Å². The molecule has 0 spiro atoms. The van der Waals surface area contributed by atoms with Crippen LogP contribution in [0, 0.1) is 5.41 Å². The van der Waals surface area contributed by atoms with Crippen molar-refractivity contribution in [2.24, 2.45) is 5.41 Å². The second-order valence-electron chi connectivity index (χ2n) is 7.34. The van der Waals surface area contributed by atoms with Crippen LogP contribution in [0.1, 0.15) is 63.9 Å². The lowest BCUT2D eigenvalue weighted by molar-refractivity contribution is 0.130. The lowest BCUT2D eigenvalue weighted by atomic mass is 9.70. The quantitative estimate of drug-likeness (QED) is 0.812. The van der Waals surface area contributed by atoms with E-state index in [0.717, 1.165) is 5.02 Å². The maximum atomic E-state index is 6.30. The molecule has 0 heterocycles. The molecule has 0 saturated heterocycles. The van der Waals surface area contributed by atoms with Gasteiger partial charge in [0, 0.05) is 17.1 Å². The first kappa shape index (κ1) is 14.4. The standard InChI is InChI=1S/C18H26ClN/c1-18(2)10-6-5-9-17(18)20-14-11-13(12-14)15-7-3-4-8-16(15)19/h3-4,7-8,13-14,17,20H,5-6,9-12H2,1-2H3. The predicted molar refractivity (Wildman–Crippen MR) is 86.4 cm³/mol. The Morgan fingerprint density at radius 2 is 1.90 bits per heavy atom. The molecule has 2 heteroatoms. The summed E-state index contributed by atoms with van der Waals surface area (Å²) in [5, 5.41) is 4.86. The van der Waals surface area contributed by atoms with Crippen LogP contribution in [0.3, 0.4) is 0 Å². The summed E-state index contributed by atoms with van der Waals surface area (Å²) in [4.78, 5) is 0. The molecule has 0 aliphatic heterocycles. The lowest BCUT2D eigenvalue weighted by Crippen LogP contribution is -2.52. The first-order valence-corrected chi connectivity index (χ1v) is 8.44. The van der Waals surface area contributed by atoms with Gasteiger partial charge in [-0.25, -0.2) is 0 Å². The van der Waals surface area contributed by atoms with E-state index in [1.54, 1.807) is 0 Å². The fourth-order valence-electron chi connectivity index (χ4n) is 3.90. The lowest BCUT2D eigenvalue weighted by Gasteiger charge is -2.45. The second kappa shape index (κ2) is 5.69. The Morgan fingerprint density at radius 1 is 1.15 bits per heavy atom. The van der Waals surface area contributed by atoms with Crippen molar-refractivity contribution in [1.29, 1.82) is 0 Å². The Labute approximate surface area is 128 Å². The van der Waals surface area contributed by atoms with Crippen LogP contribution in [0.4, 0.5) is 0 Å². The van der Waals surface area contributed by atoms with Crippen LogP contribution in [0.2, 0.25) is 5.02 Å². The molecule has 2 aliphatic carbocycles. The minimum absolute atomic E-state index is 0.466. The van der Waals surface area contributed by atoms with Crippen molar-refractivity contribution in [3.8, 4) is 0 Å². The number of hydrogen-bond acceptors (Lipinski definition) is 1. The van der Waals surface area contributed by atoms with Gasteiger partial charge in [-0.3, -0.25) is 0 Å². The fourth-order valence-corrected chi connectivity index (χ4v) is 4.19. The zero-order valence-electron chi connectivity index (χ0n) is 12.7. The highest BCUT2D eigenvalue weighted by Crippen LogP contribution is 2.42. The molecule has 0 radical (unpaired) electrons. The molecule has 1 unspecified atom stereocenters. The van der Waals surface area contributed by atoms with Crippen LogP contribution in [0.15, 0.2) is 24.3 Å². The van der Waals surface area contributed by atoms with Crippen LogP contribution in [-0.4, -0.2) is 12.1 Å². The first-order chi connectivity index (χ1) is 9.56. The predicted octanol–water partition coefficient (Wildman–Crippen LogP) is 5.14. The summed E-state index contributed by atoms with van der Waals surface area (Å²) in [6.07, 6.45) is 8.00. The number of halogens is 1. The van der Waals surface area contributed by atoms with E-state index in [9.17, 15) is 0 Å². The molecule has 20 heavy (non-hydrogen) atoms. The van der Waals surface area contributed by atoms with Crippen molar-refractivity contribution >= 4 is 11.6 Å². The SMILES string of the molecule is CC1(C)CCCCC1NC1CC(c2ccccc2Cl)C1. The van der Waals surface area contributed by atoms with Crippen molar-refractivity contribution in [1.82, 2.24) is 5.32 Å². The Bertz CT molecular complexity index is 462. The van der Waals surface area contributed by atoms with Crippen molar-refractivity contribution in [3.05, 3.63) is 34.9 Å². The fraction of sp³-hybridized carbons (Fsp3) is 0.667. The highest BCUT2D eigenvalue weighted by Gasteiger charge is 2.37. The molecular weight excluding hydrogens is 266 g/mol. The van der Waals surface area contributed by atoms with Crippen LogP contribution in [-0.2, 0) is 0 Å². The normalized spacial score (nSPS) is 32.6. The Kier molecular flexibility index (Phi) is 4.10. The summed E-state index contributed by atoms with van der Waals surface area (Å²) >= 11 is 6.30. The van der Waals surface area contributed by atoms with Gasteiger partial charge in [0.1, 0.15) is 0 Å². The molecule has 3 rings (SSSR count). The molecule has 1 N–H and O–H groups in total. The van der Waals surface area contributed by atoms with E-state index in [-0.39, 0.29) is 0 Å². The minimum atomic E-state index is 0.466. The van der Waals surface area contributed by atoms with Gasteiger partial charge in [-0.15, -0.1) is 0 Å². The van der Waals surface area contributed by atoms with E-state index in [1.807, 2.05) is 12.1 Å². The second-order valence-corrected chi connectivity index (χ2v) is 7.75. The maximum absolute atomic E-state index is 6.30. The summed E-state index contributed by atoms with van der Waals surface area (Å²) in [7, 11) is 0. The van der Waals surface area contributed by atoms with Crippen LogP contribution in [0.25, 0.3) is 0 Å². The molecule has 2 aliphatic rings. The third-order valence-corrected chi connectivity index (χ3v) is 5.77. The number of rotatable bonds is 3. The van der Waals surface area contributed by atoms with E-state index in [1.165, 1.54) is 44.1 Å². The molecule has 1 aromatic rings. The van der Waals surface area contributed by atoms with E-state index in [2.05, 4.69) is 31.3 Å². The summed E-state index contributed by atoms with van der Waals surface area (Å²) in [6.45, 7) is 4.85. The Hall–Kier alpha value is -0.530. The third kappa shape index (κ3) is 2.89. The summed E-state index contributed by atoms with van der Waals surface area (Å²) < 4.78 is 0. The molecule has 110 valence electrons. The molecular formula is C18H26ClN. The van der Waals surface area contributed by atoms with Crippen LogP contribution < -0.4 is 5.32 Å².